The number of thiophene rings is 1. The third kappa shape index (κ3) is 1.67. The summed E-state index contributed by atoms with van der Waals surface area (Å²) in [5.74, 6) is 0. The number of rotatable bonds is 1. The van der Waals surface area contributed by atoms with E-state index in [-0.39, 0.29) is 0 Å². The molecule has 0 saturated carbocycles. The molecule has 3 rings (SSSR count). The van der Waals surface area contributed by atoms with Crippen molar-refractivity contribution >= 4 is 27.3 Å². The second kappa shape index (κ2) is 3.54. The molecule has 82 valence electrons. The molecule has 1 N–H and O–H groups in total. The van der Waals surface area contributed by atoms with Gasteiger partial charge in [0, 0.05) is 40.3 Å². The molecule has 2 saturated heterocycles. The highest BCUT2D eigenvalue weighted by Gasteiger charge is 2.46. The summed E-state index contributed by atoms with van der Waals surface area (Å²) in [5.41, 5.74) is -0.235. The fourth-order valence-electron chi connectivity index (χ4n) is 2.91. The fraction of sp³-hybridized carbons (Fsp3) is 0.636. The first kappa shape index (κ1) is 10.2. The summed E-state index contributed by atoms with van der Waals surface area (Å²) in [5, 5.41) is 7.40. The van der Waals surface area contributed by atoms with Crippen LogP contribution in [0.25, 0.3) is 0 Å². The highest BCUT2D eigenvalue weighted by atomic mass is 79.9. The molecule has 3 heterocycles. The molecule has 2 bridgehead atoms. The average Bonchev–Trinajstić information content (AvgIpc) is 2.73. The summed E-state index contributed by atoms with van der Waals surface area (Å²) in [7, 11) is 0. The molecule has 0 aliphatic carbocycles. The predicted molar refractivity (Wildman–Crippen MR) is 64.0 cm³/mol. The minimum absolute atomic E-state index is 0.389. The van der Waals surface area contributed by atoms with E-state index in [1.807, 2.05) is 10.8 Å². The molecule has 2 unspecified atom stereocenters. The van der Waals surface area contributed by atoms with E-state index in [4.69, 9.17) is 0 Å². The van der Waals surface area contributed by atoms with Gasteiger partial charge in [-0.3, -0.25) is 0 Å². The molecule has 15 heavy (non-hydrogen) atoms. The molecule has 1 aromatic heterocycles. The van der Waals surface area contributed by atoms with Crippen molar-refractivity contribution in [2.75, 3.05) is 0 Å². The maximum absolute atomic E-state index is 14.9. The quantitative estimate of drug-likeness (QED) is 0.833. The van der Waals surface area contributed by atoms with Gasteiger partial charge in [0.1, 0.15) is 5.67 Å². The van der Waals surface area contributed by atoms with Gasteiger partial charge in [-0.2, -0.15) is 11.3 Å². The zero-order chi connectivity index (χ0) is 10.5. The standard InChI is InChI=1S/C11H13BrFNS/c12-10-6-15-5-9(10)11(13)3-7-1-2-8(4-11)14-7/h5-8,14H,1-4H2. The van der Waals surface area contributed by atoms with Crippen molar-refractivity contribution in [3.63, 3.8) is 0 Å². The molecule has 0 amide bonds. The van der Waals surface area contributed by atoms with Gasteiger partial charge in [-0.1, -0.05) is 0 Å². The Labute approximate surface area is 101 Å². The fourth-order valence-corrected chi connectivity index (χ4v) is 4.64. The van der Waals surface area contributed by atoms with Crippen LogP contribution in [0, 0.1) is 0 Å². The van der Waals surface area contributed by atoms with Gasteiger partial charge >= 0.3 is 0 Å². The van der Waals surface area contributed by atoms with E-state index in [1.54, 1.807) is 11.3 Å². The lowest BCUT2D eigenvalue weighted by Gasteiger charge is -2.35. The first-order valence-electron chi connectivity index (χ1n) is 5.34. The smallest absolute Gasteiger partial charge is 0.140 e. The molecule has 0 spiro atoms. The summed E-state index contributed by atoms with van der Waals surface area (Å²) >= 11 is 5.02. The van der Waals surface area contributed by atoms with Gasteiger partial charge in [0.2, 0.25) is 0 Å². The maximum atomic E-state index is 14.9. The summed E-state index contributed by atoms with van der Waals surface area (Å²) in [6.45, 7) is 0. The lowest BCUT2D eigenvalue weighted by atomic mass is 9.84. The minimum Gasteiger partial charge on any atom is -0.311 e. The van der Waals surface area contributed by atoms with E-state index < -0.39 is 5.67 Å². The van der Waals surface area contributed by atoms with Crippen molar-refractivity contribution < 1.29 is 4.39 Å². The van der Waals surface area contributed by atoms with E-state index in [1.165, 1.54) is 0 Å². The first-order chi connectivity index (χ1) is 7.17. The van der Waals surface area contributed by atoms with Crippen LogP contribution in [-0.2, 0) is 5.67 Å². The van der Waals surface area contributed by atoms with Crippen LogP contribution in [0.3, 0.4) is 0 Å². The van der Waals surface area contributed by atoms with E-state index in [0.717, 1.165) is 22.9 Å². The molecule has 2 aliphatic rings. The van der Waals surface area contributed by atoms with Crippen LogP contribution in [0.5, 0.6) is 0 Å². The second-order valence-corrected chi connectivity index (χ2v) is 6.24. The van der Waals surface area contributed by atoms with Crippen molar-refractivity contribution in [3.8, 4) is 0 Å². The molecule has 2 atom stereocenters. The van der Waals surface area contributed by atoms with Crippen molar-refractivity contribution in [1.29, 1.82) is 0 Å². The Morgan fingerprint density at radius 2 is 2.00 bits per heavy atom. The molecule has 0 radical (unpaired) electrons. The predicted octanol–water partition coefficient (Wildman–Crippen LogP) is 3.59. The van der Waals surface area contributed by atoms with Crippen LogP contribution < -0.4 is 5.32 Å². The summed E-state index contributed by atoms with van der Waals surface area (Å²) < 4.78 is 15.8. The zero-order valence-corrected chi connectivity index (χ0v) is 10.7. The molecule has 1 aromatic rings. The van der Waals surface area contributed by atoms with E-state index >= 15 is 0 Å². The Morgan fingerprint density at radius 3 is 2.53 bits per heavy atom. The Hall–Kier alpha value is 0.0700. The second-order valence-electron chi connectivity index (χ2n) is 4.64. The Kier molecular flexibility index (Phi) is 2.41. The van der Waals surface area contributed by atoms with Crippen LogP contribution in [0.2, 0.25) is 0 Å². The minimum atomic E-state index is -1.10. The van der Waals surface area contributed by atoms with Gasteiger partial charge in [-0.05, 0) is 34.2 Å². The van der Waals surface area contributed by atoms with Gasteiger partial charge in [-0.25, -0.2) is 4.39 Å². The third-order valence-corrected chi connectivity index (χ3v) is 5.28. The zero-order valence-electron chi connectivity index (χ0n) is 8.30. The Balaban J connectivity index is 1.94. The lowest BCUT2D eigenvalue weighted by molar-refractivity contribution is 0.0871. The van der Waals surface area contributed by atoms with E-state index in [2.05, 4.69) is 21.2 Å². The third-order valence-electron chi connectivity index (χ3n) is 3.57. The van der Waals surface area contributed by atoms with Crippen LogP contribution in [-0.4, -0.2) is 12.1 Å². The summed E-state index contributed by atoms with van der Waals surface area (Å²) in [6.07, 6.45) is 3.55. The van der Waals surface area contributed by atoms with Crippen molar-refractivity contribution in [3.05, 3.63) is 20.8 Å². The van der Waals surface area contributed by atoms with Crippen LogP contribution in [0.15, 0.2) is 15.2 Å². The first-order valence-corrected chi connectivity index (χ1v) is 7.08. The topological polar surface area (TPSA) is 12.0 Å². The largest absolute Gasteiger partial charge is 0.311 e. The van der Waals surface area contributed by atoms with Gasteiger partial charge in [0.05, 0.1) is 0 Å². The number of fused-ring (bicyclic) bond motifs is 2. The molecular formula is C11H13BrFNS. The van der Waals surface area contributed by atoms with Gasteiger partial charge in [-0.15, -0.1) is 0 Å². The maximum Gasteiger partial charge on any atom is 0.140 e. The number of alkyl halides is 1. The van der Waals surface area contributed by atoms with Crippen LogP contribution in [0.1, 0.15) is 31.2 Å². The Bertz CT molecular complexity index is 366. The molecule has 2 fully saturated rings. The number of halogens is 2. The van der Waals surface area contributed by atoms with Crippen molar-refractivity contribution in [2.45, 2.75) is 43.4 Å². The van der Waals surface area contributed by atoms with Crippen molar-refractivity contribution in [1.82, 2.24) is 5.32 Å². The van der Waals surface area contributed by atoms with Crippen LogP contribution in [0.4, 0.5) is 4.39 Å². The monoisotopic (exact) mass is 289 g/mol. The summed E-state index contributed by atoms with van der Waals surface area (Å²) in [6, 6.07) is 0.779. The summed E-state index contributed by atoms with van der Waals surface area (Å²) in [4.78, 5) is 0. The molecule has 0 aromatic carbocycles. The molecule has 1 nitrogen and oxygen atoms in total. The highest BCUT2D eigenvalue weighted by molar-refractivity contribution is 9.10. The normalized spacial score (nSPS) is 39.6. The number of piperidine rings is 1. The number of nitrogens with one attached hydrogen (secondary N) is 1. The average molecular weight is 290 g/mol. The van der Waals surface area contributed by atoms with E-state index in [0.29, 0.717) is 24.9 Å². The van der Waals surface area contributed by atoms with Crippen molar-refractivity contribution in [2.24, 2.45) is 0 Å². The van der Waals surface area contributed by atoms with E-state index in [9.17, 15) is 4.39 Å². The Morgan fingerprint density at radius 1 is 1.33 bits per heavy atom. The van der Waals surface area contributed by atoms with Gasteiger partial charge in [0.15, 0.2) is 0 Å². The number of hydrogen-bond acceptors (Lipinski definition) is 2. The molecule has 4 heteroatoms. The molecule has 2 aliphatic heterocycles. The number of hydrogen-bond donors (Lipinski definition) is 1. The highest BCUT2D eigenvalue weighted by Crippen LogP contribution is 2.46. The SMILES string of the molecule is FC1(c2cscc2Br)CC2CCC(C1)N2. The van der Waals surface area contributed by atoms with Crippen LogP contribution >= 0.6 is 27.3 Å². The lowest BCUT2D eigenvalue weighted by Crippen LogP contribution is -2.44. The molecular weight excluding hydrogens is 277 g/mol. The van der Waals surface area contributed by atoms with Gasteiger partial charge in [0.25, 0.3) is 0 Å². The van der Waals surface area contributed by atoms with Gasteiger partial charge < -0.3 is 5.32 Å².